The number of hydrogen-bond acceptors (Lipinski definition) is 0. The van der Waals surface area contributed by atoms with E-state index in [0.29, 0.717) is 0 Å². The third kappa shape index (κ3) is 4.82. The number of pyridine rings is 2. The predicted octanol–water partition coefficient (Wildman–Crippen LogP) is 11.4. The third-order valence-corrected chi connectivity index (χ3v) is 11.0. The molecule has 2 nitrogen and oxygen atoms in total. The van der Waals surface area contributed by atoms with Gasteiger partial charge in [0.25, 0.3) is 0 Å². The predicted molar refractivity (Wildman–Crippen MR) is 203 cm³/mol. The molecule has 230 valence electrons. The van der Waals surface area contributed by atoms with E-state index in [1.165, 1.54) is 114 Å². The minimum atomic E-state index is 0.110. The average Bonchev–Trinajstić information content (AvgIpc) is 3.60. The van der Waals surface area contributed by atoms with Gasteiger partial charge in [0.15, 0.2) is 6.20 Å². The molecule has 1 saturated carbocycles. The largest absolute Gasteiger partial charge is 0.307 e. The van der Waals surface area contributed by atoms with Gasteiger partial charge in [0.1, 0.15) is 7.05 Å². The highest BCUT2D eigenvalue weighted by molar-refractivity contribution is 14.1. The summed E-state index contributed by atoms with van der Waals surface area (Å²) in [6.07, 6.45) is 11.1. The zero-order valence-electron chi connectivity index (χ0n) is 28.1. The first-order valence-corrected chi connectivity index (χ1v) is 18.1. The van der Waals surface area contributed by atoms with Gasteiger partial charge in [0.2, 0.25) is 5.52 Å². The van der Waals surface area contributed by atoms with Crippen molar-refractivity contribution >= 4 is 82.4 Å². The van der Waals surface area contributed by atoms with Gasteiger partial charge in [-0.05, 0) is 82.0 Å². The van der Waals surface area contributed by atoms with Crippen molar-refractivity contribution in [3.8, 4) is 0 Å². The van der Waals surface area contributed by atoms with Crippen molar-refractivity contribution in [3.63, 3.8) is 0 Å². The second kappa shape index (κ2) is 10.3. The minimum absolute atomic E-state index is 0.110. The molecule has 3 heterocycles. The molecule has 0 spiro atoms. The molecule has 3 aromatic heterocycles. The van der Waals surface area contributed by atoms with E-state index in [-0.39, 0.29) is 8.84 Å². The van der Waals surface area contributed by atoms with Crippen molar-refractivity contribution < 1.29 is 4.57 Å². The van der Waals surface area contributed by atoms with Crippen LogP contribution in [0.2, 0.25) is 0 Å². The van der Waals surface area contributed by atoms with E-state index in [9.17, 15) is 0 Å². The van der Waals surface area contributed by atoms with Crippen molar-refractivity contribution in [3.05, 3.63) is 83.0 Å². The number of hydrogen-bond donors (Lipinski definition) is 0. The Labute approximate surface area is 281 Å². The Bertz CT molecular complexity index is 2280. The second-order valence-corrected chi connectivity index (χ2v) is 19.0. The van der Waals surface area contributed by atoms with Crippen molar-refractivity contribution in [2.75, 3.05) is 0 Å². The number of alkyl halides is 1. The van der Waals surface area contributed by atoms with E-state index >= 15 is 0 Å². The zero-order chi connectivity index (χ0) is 31.4. The van der Waals surface area contributed by atoms with Crippen LogP contribution in [-0.4, -0.2) is 7.82 Å². The van der Waals surface area contributed by atoms with Crippen LogP contribution in [0.15, 0.2) is 60.8 Å². The lowest BCUT2D eigenvalue weighted by Crippen LogP contribution is -2.29. The highest BCUT2D eigenvalue weighted by atomic mass is 127. The van der Waals surface area contributed by atoms with Gasteiger partial charge in [-0.3, -0.25) is 0 Å². The summed E-state index contributed by atoms with van der Waals surface area (Å²) in [5.74, 6) is 0.829. The van der Waals surface area contributed by atoms with Gasteiger partial charge in [-0.15, -0.1) is 0 Å². The molecular formula is C42H46IN2+. The van der Waals surface area contributed by atoms with E-state index < -0.39 is 0 Å². The van der Waals surface area contributed by atoms with Crippen LogP contribution in [0.5, 0.6) is 0 Å². The van der Waals surface area contributed by atoms with Crippen LogP contribution >= 0.6 is 22.6 Å². The number of fused-ring (bicyclic) bond motifs is 7. The normalized spacial score (nSPS) is 15.4. The fourth-order valence-corrected chi connectivity index (χ4v) is 9.20. The van der Waals surface area contributed by atoms with Gasteiger partial charge in [0, 0.05) is 20.3 Å². The van der Waals surface area contributed by atoms with Gasteiger partial charge in [-0.1, -0.05) is 125 Å². The molecule has 4 aromatic carbocycles. The van der Waals surface area contributed by atoms with Crippen molar-refractivity contribution in [2.45, 2.75) is 89.9 Å². The van der Waals surface area contributed by atoms with E-state index in [1.807, 2.05) is 0 Å². The molecular weight excluding hydrogens is 659 g/mol. The molecule has 3 heteroatoms. The first-order chi connectivity index (χ1) is 21.4. The van der Waals surface area contributed by atoms with E-state index in [4.69, 9.17) is 0 Å². The molecule has 8 rings (SSSR count). The number of benzene rings is 4. The summed E-state index contributed by atoms with van der Waals surface area (Å²) in [6, 6.07) is 21.9. The summed E-state index contributed by atoms with van der Waals surface area (Å²) in [5.41, 5.74) is 11.6. The van der Waals surface area contributed by atoms with Crippen LogP contribution in [0.1, 0.15) is 82.6 Å². The second-order valence-electron chi connectivity index (χ2n) is 16.1. The lowest BCUT2D eigenvalue weighted by atomic mass is 9.84. The smallest absolute Gasteiger partial charge is 0.224 e. The van der Waals surface area contributed by atoms with Crippen LogP contribution in [0.3, 0.4) is 0 Å². The number of nitrogens with zero attached hydrogens (tertiary/aromatic N) is 2. The molecule has 7 aromatic rings. The number of aromatic nitrogens is 2. The molecule has 0 atom stereocenters. The average molecular weight is 706 g/mol. The maximum absolute atomic E-state index is 2.71. The van der Waals surface area contributed by atoms with Crippen molar-refractivity contribution in [1.29, 1.82) is 0 Å². The molecule has 0 N–H and O–H groups in total. The summed E-state index contributed by atoms with van der Waals surface area (Å²) in [5, 5.41) is 9.72. The molecule has 0 aliphatic heterocycles. The Morgan fingerprint density at radius 3 is 2.22 bits per heavy atom. The molecule has 0 amide bonds. The van der Waals surface area contributed by atoms with Crippen molar-refractivity contribution in [1.82, 2.24) is 4.40 Å². The molecule has 0 radical (unpaired) electrons. The summed E-state index contributed by atoms with van der Waals surface area (Å²) in [6.45, 7) is 14.2. The minimum Gasteiger partial charge on any atom is -0.307 e. The lowest BCUT2D eigenvalue weighted by molar-refractivity contribution is -0.643. The van der Waals surface area contributed by atoms with Gasteiger partial charge >= 0.3 is 0 Å². The molecule has 0 unspecified atom stereocenters. The van der Waals surface area contributed by atoms with E-state index in [0.717, 1.165) is 18.8 Å². The monoisotopic (exact) mass is 705 g/mol. The lowest BCUT2D eigenvalue weighted by Gasteiger charge is -2.24. The highest BCUT2D eigenvalue weighted by Crippen LogP contribution is 2.46. The molecule has 0 bridgehead atoms. The fraction of sp³-hybridized carbons (Fsp3) is 0.405. The highest BCUT2D eigenvalue weighted by Gasteiger charge is 2.29. The van der Waals surface area contributed by atoms with Crippen LogP contribution in [-0.2, 0) is 26.3 Å². The maximum atomic E-state index is 2.71. The van der Waals surface area contributed by atoms with Crippen LogP contribution in [0, 0.1) is 18.3 Å². The molecule has 45 heavy (non-hydrogen) atoms. The zero-order valence-corrected chi connectivity index (χ0v) is 30.2. The first-order valence-electron chi connectivity index (χ1n) is 17.0. The maximum Gasteiger partial charge on any atom is 0.224 e. The summed E-state index contributed by atoms with van der Waals surface area (Å²) >= 11 is 2.67. The Hall–Kier alpha value is -2.92. The molecule has 1 fully saturated rings. The van der Waals surface area contributed by atoms with E-state index in [1.54, 1.807) is 0 Å². The van der Waals surface area contributed by atoms with Crippen molar-refractivity contribution in [2.24, 2.45) is 18.4 Å². The number of aryl methyl sites for hydroxylation is 2. The SMILES string of the molecule is Cc1c2cc(CC(C)(C)C)ccc2c(CC(C)(C)I)c2c1c1c3c(ccc4c5ccc(CC6CCCC6)cc5n2c43)cc[n+]1C. The third-order valence-electron chi connectivity index (χ3n) is 10.6. The summed E-state index contributed by atoms with van der Waals surface area (Å²) in [4.78, 5) is 0. The first kappa shape index (κ1) is 29.5. The summed E-state index contributed by atoms with van der Waals surface area (Å²) < 4.78 is 5.21. The standard InChI is InChI=1S/C42H46IN2/c1-25-33-21-28(23-41(2,3)4)13-15-30(33)34(24-42(5,6)43)39-36(25)40-37-29(18-19-44(40)7)14-17-32-31-16-12-27(20-26-10-8-9-11-26)22-35(31)45(39)38(32)37/h12-19,21-22,26H,8-11,20,23-24H2,1-7H3/q+1. The Balaban J connectivity index is 1.60. The van der Waals surface area contributed by atoms with Crippen LogP contribution in [0.4, 0.5) is 0 Å². The summed E-state index contributed by atoms with van der Waals surface area (Å²) in [7, 11) is 2.25. The topological polar surface area (TPSA) is 8.29 Å². The Kier molecular flexibility index (Phi) is 6.74. The van der Waals surface area contributed by atoms with Gasteiger partial charge in [-0.25, -0.2) is 4.57 Å². The van der Waals surface area contributed by atoms with Crippen LogP contribution < -0.4 is 4.57 Å². The number of rotatable bonds is 5. The Morgan fingerprint density at radius 2 is 1.49 bits per heavy atom. The molecule has 1 aliphatic rings. The quantitative estimate of drug-likeness (QED) is 0.0554. The fourth-order valence-electron chi connectivity index (χ4n) is 8.82. The molecule has 0 saturated heterocycles. The Morgan fingerprint density at radius 1 is 0.778 bits per heavy atom. The van der Waals surface area contributed by atoms with Gasteiger partial charge < -0.3 is 4.40 Å². The molecule has 1 aliphatic carbocycles. The van der Waals surface area contributed by atoms with Gasteiger partial charge in [0.05, 0.1) is 27.3 Å². The van der Waals surface area contributed by atoms with E-state index in [2.05, 4.69) is 141 Å². The number of halogens is 1. The van der Waals surface area contributed by atoms with Gasteiger partial charge in [-0.2, -0.15) is 0 Å². The van der Waals surface area contributed by atoms with Crippen LogP contribution in [0.25, 0.3) is 59.8 Å².